The van der Waals surface area contributed by atoms with Gasteiger partial charge in [-0.1, -0.05) is 13.8 Å². The molecular formula is C14H18N4. The summed E-state index contributed by atoms with van der Waals surface area (Å²) < 4.78 is 0. The van der Waals surface area contributed by atoms with Crippen molar-refractivity contribution in [3.8, 4) is 12.1 Å². The van der Waals surface area contributed by atoms with Gasteiger partial charge in [-0.25, -0.2) is 0 Å². The van der Waals surface area contributed by atoms with E-state index in [-0.39, 0.29) is 0 Å². The number of anilines is 2. The van der Waals surface area contributed by atoms with Gasteiger partial charge in [-0.15, -0.1) is 0 Å². The zero-order valence-corrected chi connectivity index (χ0v) is 10.8. The Bertz CT molecular complexity index is 480. The molecule has 4 nitrogen and oxygen atoms in total. The number of nitrogen functional groups attached to an aromatic ring is 1. The van der Waals surface area contributed by atoms with E-state index in [9.17, 15) is 0 Å². The van der Waals surface area contributed by atoms with Crippen LogP contribution in [0.1, 0.15) is 25.8 Å². The molecule has 0 aliphatic carbocycles. The molecule has 0 radical (unpaired) electrons. The Kier molecular flexibility index (Phi) is 5.02. The van der Waals surface area contributed by atoms with Crippen LogP contribution in [0, 0.1) is 28.6 Å². The van der Waals surface area contributed by atoms with Gasteiger partial charge in [0.05, 0.1) is 35.5 Å². The first kappa shape index (κ1) is 13.9. The Morgan fingerprint density at radius 1 is 1.33 bits per heavy atom. The SMILES string of the molecule is CC(C)CN(CCC#N)c1cc(C#N)ccc1N. The van der Waals surface area contributed by atoms with Gasteiger partial charge in [0.1, 0.15) is 0 Å². The molecule has 0 bridgehead atoms. The van der Waals surface area contributed by atoms with E-state index in [0.29, 0.717) is 30.1 Å². The maximum absolute atomic E-state index is 8.93. The fourth-order valence-electron chi connectivity index (χ4n) is 1.82. The summed E-state index contributed by atoms with van der Waals surface area (Å²) in [6.07, 6.45) is 0.447. The van der Waals surface area contributed by atoms with Crippen molar-refractivity contribution in [1.82, 2.24) is 0 Å². The second-order valence-corrected chi connectivity index (χ2v) is 4.63. The van der Waals surface area contributed by atoms with Crippen LogP contribution < -0.4 is 10.6 Å². The van der Waals surface area contributed by atoms with Gasteiger partial charge in [-0.05, 0) is 24.1 Å². The lowest BCUT2D eigenvalue weighted by Gasteiger charge is -2.27. The second kappa shape index (κ2) is 6.51. The van der Waals surface area contributed by atoms with Crippen molar-refractivity contribution >= 4 is 11.4 Å². The average molecular weight is 242 g/mol. The summed E-state index contributed by atoms with van der Waals surface area (Å²) in [7, 11) is 0. The van der Waals surface area contributed by atoms with E-state index in [1.54, 1.807) is 18.2 Å². The van der Waals surface area contributed by atoms with Crippen LogP contribution in [0.2, 0.25) is 0 Å². The van der Waals surface area contributed by atoms with Gasteiger partial charge < -0.3 is 10.6 Å². The third-order valence-corrected chi connectivity index (χ3v) is 2.58. The van der Waals surface area contributed by atoms with E-state index < -0.39 is 0 Å². The summed E-state index contributed by atoms with van der Waals surface area (Å²) in [6.45, 7) is 5.68. The molecule has 0 saturated carbocycles. The summed E-state index contributed by atoms with van der Waals surface area (Å²) in [5.41, 5.74) is 8.04. The molecule has 4 heteroatoms. The number of nitrogens with two attached hydrogens (primary N) is 1. The normalized spacial score (nSPS) is 9.83. The van der Waals surface area contributed by atoms with Crippen molar-refractivity contribution in [1.29, 1.82) is 10.5 Å². The van der Waals surface area contributed by atoms with Crippen LogP contribution in [-0.2, 0) is 0 Å². The second-order valence-electron chi connectivity index (χ2n) is 4.63. The molecule has 0 heterocycles. The minimum Gasteiger partial charge on any atom is -0.397 e. The van der Waals surface area contributed by atoms with Crippen LogP contribution in [0.25, 0.3) is 0 Å². The van der Waals surface area contributed by atoms with Crippen molar-refractivity contribution in [3.63, 3.8) is 0 Å². The predicted octanol–water partition coefficient (Wildman–Crippen LogP) is 2.52. The lowest BCUT2D eigenvalue weighted by Crippen LogP contribution is -2.29. The van der Waals surface area contributed by atoms with Gasteiger partial charge in [0, 0.05) is 13.1 Å². The standard InChI is InChI=1S/C14H18N4/c1-11(2)10-18(7-3-6-15)14-8-12(9-16)4-5-13(14)17/h4-5,8,11H,3,7,10,17H2,1-2H3. The Morgan fingerprint density at radius 3 is 2.61 bits per heavy atom. The number of benzene rings is 1. The van der Waals surface area contributed by atoms with E-state index in [0.717, 1.165) is 12.2 Å². The van der Waals surface area contributed by atoms with Crippen molar-refractivity contribution in [3.05, 3.63) is 23.8 Å². The van der Waals surface area contributed by atoms with E-state index in [1.165, 1.54) is 0 Å². The molecule has 0 aliphatic rings. The fourth-order valence-corrected chi connectivity index (χ4v) is 1.82. The molecule has 0 saturated heterocycles. The first-order valence-electron chi connectivity index (χ1n) is 6.00. The Balaban J connectivity index is 3.03. The van der Waals surface area contributed by atoms with Crippen molar-refractivity contribution in [2.24, 2.45) is 5.92 Å². The molecule has 18 heavy (non-hydrogen) atoms. The van der Waals surface area contributed by atoms with Crippen LogP contribution in [0.3, 0.4) is 0 Å². The van der Waals surface area contributed by atoms with Gasteiger partial charge in [0.2, 0.25) is 0 Å². The minimum absolute atomic E-state index is 0.447. The fraction of sp³-hybridized carbons (Fsp3) is 0.429. The molecule has 0 atom stereocenters. The number of rotatable bonds is 5. The van der Waals surface area contributed by atoms with Crippen LogP contribution in [0.5, 0.6) is 0 Å². The Labute approximate surface area is 108 Å². The van der Waals surface area contributed by atoms with Crippen LogP contribution in [0.15, 0.2) is 18.2 Å². The zero-order valence-electron chi connectivity index (χ0n) is 10.8. The lowest BCUT2D eigenvalue weighted by atomic mass is 10.1. The van der Waals surface area contributed by atoms with Gasteiger partial charge >= 0.3 is 0 Å². The monoisotopic (exact) mass is 242 g/mol. The molecule has 0 unspecified atom stereocenters. The molecule has 0 amide bonds. The highest BCUT2D eigenvalue weighted by Gasteiger charge is 2.12. The van der Waals surface area contributed by atoms with Crippen LogP contribution >= 0.6 is 0 Å². The number of nitriles is 2. The lowest BCUT2D eigenvalue weighted by molar-refractivity contribution is 0.612. The number of nitrogens with zero attached hydrogens (tertiary/aromatic N) is 3. The van der Waals surface area contributed by atoms with E-state index in [4.69, 9.17) is 16.3 Å². The van der Waals surface area contributed by atoms with E-state index >= 15 is 0 Å². The van der Waals surface area contributed by atoms with Gasteiger partial charge in [0.25, 0.3) is 0 Å². The highest BCUT2D eigenvalue weighted by atomic mass is 15.1. The topological polar surface area (TPSA) is 76.8 Å². The maximum atomic E-state index is 8.93. The molecule has 94 valence electrons. The van der Waals surface area contributed by atoms with Gasteiger partial charge in [-0.3, -0.25) is 0 Å². The predicted molar refractivity (Wildman–Crippen MR) is 72.9 cm³/mol. The Morgan fingerprint density at radius 2 is 2.06 bits per heavy atom. The molecule has 1 rings (SSSR count). The van der Waals surface area contributed by atoms with Crippen molar-refractivity contribution < 1.29 is 0 Å². The average Bonchev–Trinajstić information content (AvgIpc) is 2.35. The van der Waals surface area contributed by atoms with Crippen molar-refractivity contribution in [2.75, 3.05) is 23.7 Å². The third-order valence-electron chi connectivity index (χ3n) is 2.58. The summed E-state index contributed by atoms with van der Waals surface area (Å²) >= 11 is 0. The highest BCUT2D eigenvalue weighted by molar-refractivity contribution is 5.69. The molecule has 1 aromatic rings. The molecule has 0 aromatic heterocycles. The summed E-state index contributed by atoms with van der Waals surface area (Å²) in [5, 5.41) is 17.6. The highest BCUT2D eigenvalue weighted by Crippen LogP contribution is 2.25. The summed E-state index contributed by atoms with van der Waals surface area (Å²) in [5.74, 6) is 0.467. The summed E-state index contributed by atoms with van der Waals surface area (Å²) in [6, 6.07) is 9.49. The quantitative estimate of drug-likeness (QED) is 0.805. The molecule has 0 aliphatic heterocycles. The van der Waals surface area contributed by atoms with E-state index in [1.807, 2.05) is 0 Å². The molecule has 1 aromatic carbocycles. The smallest absolute Gasteiger partial charge is 0.0992 e. The van der Waals surface area contributed by atoms with Gasteiger partial charge in [-0.2, -0.15) is 10.5 Å². The number of hydrogen-bond acceptors (Lipinski definition) is 4. The zero-order chi connectivity index (χ0) is 13.5. The molecule has 0 spiro atoms. The third kappa shape index (κ3) is 3.68. The van der Waals surface area contributed by atoms with Crippen LogP contribution in [0.4, 0.5) is 11.4 Å². The molecule has 0 fully saturated rings. The first-order valence-corrected chi connectivity index (χ1v) is 6.00. The summed E-state index contributed by atoms with van der Waals surface area (Å²) in [4.78, 5) is 2.07. The largest absolute Gasteiger partial charge is 0.397 e. The first-order chi connectivity index (χ1) is 8.58. The van der Waals surface area contributed by atoms with Crippen molar-refractivity contribution in [2.45, 2.75) is 20.3 Å². The minimum atomic E-state index is 0.447. The maximum Gasteiger partial charge on any atom is 0.0992 e. The van der Waals surface area contributed by atoms with Crippen LogP contribution in [-0.4, -0.2) is 13.1 Å². The van der Waals surface area contributed by atoms with E-state index in [2.05, 4.69) is 30.9 Å². The molecular weight excluding hydrogens is 224 g/mol. The molecule has 2 N–H and O–H groups in total. The Hall–Kier alpha value is -2.20. The number of hydrogen-bond donors (Lipinski definition) is 1. The van der Waals surface area contributed by atoms with Gasteiger partial charge in [0.15, 0.2) is 0 Å².